The van der Waals surface area contributed by atoms with Crippen LogP contribution in [-0.4, -0.2) is 20.3 Å². The van der Waals surface area contributed by atoms with Gasteiger partial charge in [0, 0.05) is 23.3 Å². The molecule has 0 aliphatic carbocycles. The van der Waals surface area contributed by atoms with E-state index >= 15 is 0 Å². The lowest BCUT2D eigenvalue weighted by atomic mass is 10.0. The lowest BCUT2D eigenvalue weighted by molar-refractivity contribution is -0.384. The number of aromatic amines is 1. The van der Waals surface area contributed by atoms with Crippen molar-refractivity contribution in [2.24, 2.45) is 0 Å². The lowest BCUT2D eigenvalue weighted by Gasteiger charge is -2.05. The van der Waals surface area contributed by atoms with Gasteiger partial charge in [0.15, 0.2) is 0 Å². The maximum absolute atomic E-state index is 10.7. The van der Waals surface area contributed by atoms with Crippen molar-refractivity contribution in [1.82, 2.24) is 15.4 Å². The van der Waals surface area contributed by atoms with E-state index in [0.717, 1.165) is 16.7 Å². The Morgan fingerprint density at radius 1 is 1.05 bits per heavy atom. The summed E-state index contributed by atoms with van der Waals surface area (Å²) >= 11 is 0. The highest BCUT2D eigenvalue weighted by Crippen LogP contribution is 2.29. The minimum absolute atomic E-state index is 0.0377. The summed E-state index contributed by atoms with van der Waals surface area (Å²) in [5.74, 6) is 0. The predicted molar refractivity (Wildman–Crippen MR) is 83.1 cm³/mol. The van der Waals surface area contributed by atoms with Gasteiger partial charge in [-0.3, -0.25) is 10.1 Å². The van der Waals surface area contributed by atoms with E-state index in [-0.39, 0.29) is 5.69 Å². The number of aromatic nitrogens is 3. The molecule has 0 aliphatic heterocycles. The van der Waals surface area contributed by atoms with Gasteiger partial charge in [0.05, 0.1) is 4.92 Å². The van der Waals surface area contributed by atoms with Crippen LogP contribution in [0.3, 0.4) is 0 Å². The zero-order valence-corrected chi connectivity index (χ0v) is 11.6. The zero-order valence-electron chi connectivity index (χ0n) is 11.6. The van der Waals surface area contributed by atoms with Crippen LogP contribution in [0.5, 0.6) is 0 Å². The first-order chi connectivity index (χ1) is 10.7. The Labute approximate surface area is 126 Å². The molecule has 1 heterocycles. The molecule has 1 aromatic heterocycles. The summed E-state index contributed by atoms with van der Waals surface area (Å²) < 4.78 is 0. The summed E-state index contributed by atoms with van der Waals surface area (Å²) in [5, 5.41) is 21.6. The van der Waals surface area contributed by atoms with E-state index in [0.29, 0.717) is 11.4 Å². The molecule has 0 bridgehead atoms. The standard InChI is InChI=1S/C16H12N4O2/c1-11(12-5-3-2-4-6-12)15-16(18-19-17-15)13-7-9-14(10-8-13)20(21)22/h2-10H,1H2,(H,17,18,19). The largest absolute Gasteiger partial charge is 0.269 e. The molecule has 0 unspecified atom stereocenters. The molecular formula is C16H12N4O2. The van der Waals surface area contributed by atoms with Crippen LogP contribution in [0.25, 0.3) is 16.8 Å². The fraction of sp³-hybridized carbons (Fsp3) is 0. The van der Waals surface area contributed by atoms with Crippen molar-refractivity contribution in [2.45, 2.75) is 0 Å². The number of hydrogen-bond acceptors (Lipinski definition) is 4. The molecule has 2 aromatic carbocycles. The van der Waals surface area contributed by atoms with E-state index in [1.807, 2.05) is 30.3 Å². The number of nitrogens with one attached hydrogen (secondary N) is 1. The van der Waals surface area contributed by atoms with Gasteiger partial charge in [0.25, 0.3) is 5.69 Å². The van der Waals surface area contributed by atoms with Crippen LogP contribution in [0, 0.1) is 10.1 Å². The maximum atomic E-state index is 10.7. The Bertz CT molecular complexity index is 823. The number of rotatable bonds is 4. The molecule has 3 aromatic rings. The van der Waals surface area contributed by atoms with Gasteiger partial charge in [-0.15, -0.1) is 0 Å². The Kier molecular flexibility index (Phi) is 3.49. The van der Waals surface area contributed by atoms with Crippen LogP contribution in [-0.2, 0) is 0 Å². The van der Waals surface area contributed by atoms with E-state index in [1.165, 1.54) is 12.1 Å². The second-order valence-corrected chi connectivity index (χ2v) is 4.67. The van der Waals surface area contributed by atoms with Crippen LogP contribution in [0.2, 0.25) is 0 Å². The maximum Gasteiger partial charge on any atom is 0.269 e. The summed E-state index contributed by atoms with van der Waals surface area (Å²) in [6.45, 7) is 4.07. The topological polar surface area (TPSA) is 84.7 Å². The van der Waals surface area contributed by atoms with Crippen molar-refractivity contribution in [3.8, 4) is 11.3 Å². The summed E-state index contributed by atoms with van der Waals surface area (Å²) in [6, 6.07) is 15.8. The SMILES string of the molecule is C=C(c1ccccc1)c1n[nH]nc1-c1ccc([N+](=O)[O-])cc1. The van der Waals surface area contributed by atoms with E-state index in [4.69, 9.17) is 0 Å². The minimum Gasteiger partial charge on any atom is -0.258 e. The van der Waals surface area contributed by atoms with Crippen molar-refractivity contribution in [1.29, 1.82) is 0 Å². The predicted octanol–water partition coefficient (Wildman–Crippen LogP) is 3.44. The highest BCUT2D eigenvalue weighted by atomic mass is 16.6. The van der Waals surface area contributed by atoms with Crippen molar-refractivity contribution >= 4 is 11.3 Å². The zero-order chi connectivity index (χ0) is 15.5. The quantitative estimate of drug-likeness (QED) is 0.589. The summed E-state index contributed by atoms with van der Waals surface area (Å²) in [5.41, 5.74) is 3.70. The Morgan fingerprint density at radius 3 is 2.36 bits per heavy atom. The van der Waals surface area contributed by atoms with Gasteiger partial charge >= 0.3 is 0 Å². The normalized spacial score (nSPS) is 10.4. The van der Waals surface area contributed by atoms with Crippen molar-refractivity contribution < 1.29 is 4.92 Å². The second kappa shape index (κ2) is 5.61. The molecule has 22 heavy (non-hydrogen) atoms. The minimum atomic E-state index is -0.434. The second-order valence-electron chi connectivity index (χ2n) is 4.67. The van der Waals surface area contributed by atoms with Gasteiger partial charge < -0.3 is 0 Å². The number of hydrogen-bond donors (Lipinski definition) is 1. The molecule has 0 saturated heterocycles. The molecule has 0 atom stereocenters. The van der Waals surface area contributed by atoms with Crippen LogP contribution in [0.15, 0.2) is 61.2 Å². The number of nitro groups is 1. The van der Waals surface area contributed by atoms with Gasteiger partial charge in [-0.2, -0.15) is 15.4 Å². The van der Waals surface area contributed by atoms with E-state index in [2.05, 4.69) is 22.0 Å². The van der Waals surface area contributed by atoms with Gasteiger partial charge in [0.1, 0.15) is 11.4 Å². The number of H-pyrrole nitrogens is 1. The van der Waals surface area contributed by atoms with E-state index < -0.39 is 4.92 Å². The van der Waals surface area contributed by atoms with Crippen LogP contribution >= 0.6 is 0 Å². The molecule has 0 fully saturated rings. The molecule has 0 amide bonds. The molecule has 3 rings (SSSR count). The Morgan fingerprint density at radius 2 is 1.73 bits per heavy atom. The van der Waals surface area contributed by atoms with Gasteiger partial charge in [-0.05, 0) is 17.7 Å². The highest BCUT2D eigenvalue weighted by molar-refractivity contribution is 5.83. The van der Waals surface area contributed by atoms with Crippen LogP contribution in [0.1, 0.15) is 11.3 Å². The number of benzene rings is 2. The molecule has 0 saturated carbocycles. The Balaban J connectivity index is 1.99. The molecule has 6 heteroatoms. The smallest absolute Gasteiger partial charge is 0.258 e. The van der Waals surface area contributed by atoms with Gasteiger partial charge in [-0.25, -0.2) is 0 Å². The number of nitrogens with zero attached hydrogens (tertiary/aromatic N) is 3. The Hall–Kier alpha value is -3.28. The first kappa shape index (κ1) is 13.7. The summed E-state index contributed by atoms with van der Waals surface area (Å²) in [4.78, 5) is 10.3. The van der Waals surface area contributed by atoms with Crippen LogP contribution in [0.4, 0.5) is 5.69 Å². The van der Waals surface area contributed by atoms with E-state index in [1.54, 1.807) is 12.1 Å². The first-order valence-corrected chi connectivity index (χ1v) is 6.57. The summed E-state index contributed by atoms with van der Waals surface area (Å²) in [6.07, 6.45) is 0. The average Bonchev–Trinajstić information content (AvgIpc) is 3.04. The third kappa shape index (κ3) is 2.49. The molecule has 1 N–H and O–H groups in total. The lowest BCUT2D eigenvalue weighted by Crippen LogP contribution is -1.91. The number of non-ortho nitro benzene ring substituents is 1. The molecule has 108 valence electrons. The third-order valence-electron chi connectivity index (χ3n) is 3.31. The fourth-order valence-electron chi connectivity index (χ4n) is 2.16. The third-order valence-corrected chi connectivity index (χ3v) is 3.31. The molecule has 6 nitrogen and oxygen atoms in total. The molecule has 0 radical (unpaired) electrons. The molecule has 0 aliphatic rings. The van der Waals surface area contributed by atoms with Crippen molar-refractivity contribution in [2.75, 3.05) is 0 Å². The monoisotopic (exact) mass is 292 g/mol. The fourth-order valence-corrected chi connectivity index (χ4v) is 2.16. The number of nitro benzene ring substituents is 1. The van der Waals surface area contributed by atoms with Crippen molar-refractivity contribution in [3.05, 3.63) is 82.5 Å². The van der Waals surface area contributed by atoms with E-state index in [9.17, 15) is 10.1 Å². The molecular weight excluding hydrogens is 280 g/mol. The summed E-state index contributed by atoms with van der Waals surface area (Å²) in [7, 11) is 0. The van der Waals surface area contributed by atoms with Gasteiger partial charge in [-0.1, -0.05) is 36.9 Å². The van der Waals surface area contributed by atoms with Gasteiger partial charge in [0.2, 0.25) is 0 Å². The molecule has 0 spiro atoms. The first-order valence-electron chi connectivity index (χ1n) is 6.57. The highest BCUT2D eigenvalue weighted by Gasteiger charge is 2.15. The average molecular weight is 292 g/mol. The van der Waals surface area contributed by atoms with Crippen molar-refractivity contribution in [3.63, 3.8) is 0 Å². The van der Waals surface area contributed by atoms with Crippen LogP contribution < -0.4 is 0 Å².